The lowest BCUT2D eigenvalue weighted by atomic mass is 9.91. The molecule has 6 nitrogen and oxygen atoms in total. The number of piperidine rings is 1. The van der Waals surface area contributed by atoms with Crippen molar-refractivity contribution < 1.29 is 18.7 Å². The van der Waals surface area contributed by atoms with Crippen LogP contribution >= 0.6 is 0 Å². The lowest BCUT2D eigenvalue weighted by Gasteiger charge is -2.33. The van der Waals surface area contributed by atoms with Gasteiger partial charge >= 0.3 is 0 Å². The number of fused-ring (bicyclic) bond motifs is 1. The number of carbonyl (C=O) groups is 1. The van der Waals surface area contributed by atoms with Crippen molar-refractivity contribution in [1.82, 2.24) is 15.1 Å². The molecule has 7 heteroatoms. The van der Waals surface area contributed by atoms with Gasteiger partial charge in [-0.05, 0) is 63.2 Å². The summed E-state index contributed by atoms with van der Waals surface area (Å²) in [6.07, 6.45) is 2.09. The van der Waals surface area contributed by atoms with E-state index in [4.69, 9.17) is 9.47 Å². The summed E-state index contributed by atoms with van der Waals surface area (Å²) in [5.41, 5.74) is 2.43. The van der Waals surface area contributed by atoms with E-state index in [1.165, 1.54) is 19.1 Å². The molecule has 1 unspecified atom stereocenters. The maximum Gasteiger partial charge on any atom is 0.161 e. The minimum Gasteiger partial charge on any atom is -0.493 e. The van der Waals surface area contributed by atoms with Crippen LogP contribution in [0.15, 0.2) is 36.4 Å². The monoisotopic (exact) mass is 439 g/mol. The van der Waals surface area contributed by atoms with Crippen LogP contribution in [0.4, 0.5) is 4.39 Å². The number of likely N-dealkylation sites (tertiary alicyclic amines) is 1. The van der Waals surface area contributed by atoms with E-state index in [0.29, 0.717) is 41.0 Å². The Morgan fingerprint density at radius 2 is 2.00 bits per heavy atom. The highest BCUT2D eigenvalue weighted by Crippen LogP contribution is 2.32. The zero-order valence-electron chi connectivity index (χ0n) is 18.9. The Morgan fingerprint density at radius 1 is 1.22 bits per heavy atom. The van der Waals surface area contributed by atoms with E-state index < -0.39 is 0 Å². The molecule has 0 radical (unpaired) electrons. The lowest BCUT2D eigenvalue weighted by molar-refractivity contribution is 0.101. The van der Waals surface area contributed by atoms with Gasteiger partial charge in [-0.25, -0.2) is 4.39 Å². The number of hydrogen-bond donors (Lipinski definition) is 1. The van der Waals surface area contributed by atoms with Crippen LogP contribution in [0.3, 0.4) is 0 Å². The van der Waals surface area contributed by atoms with Crippen LogP contribution in [0, 0.1) is 11.7 Å². The first-order valence-electron chi connectivity index (χ1n) is 11.1. The fourth-order valence-corrected chi connectivity index (χ4v) is 4.45. The Kier molecular flexibility index (Phi) is 6.74. The third-order valence-electron chi connectivity index (χ3n) is 6.21. The second kappa shape index (κ2) is 9.69. The van der Waals surface area contributed by atoms with Crippen molar-refractivity contribution in [1.29, 1.82) is 0 Å². The Bertz CT molecular complexity index is 1090. The molecule has 4 rings (SSSR count). The Hall–Kier alpha value is -2.93. The summed E-state index contributed by atoms with van der Waals surface area (Å²) in [5, 5.41) is 8.44. The van der Waals surface area contributed by atoms with Gasteiger partial charge in [0, 0.05) is 41.1 Å². The second-order valence-corrected chi connectivity index (χ2v) is 8.71. The van der Waals surface area contributed by atoms with Crippen molar-refractivity contribution in [3.8, 4) is 11.5 Å². The molecule has 1 aromatic heterocycles. The first-order chi connectivity index (χ1) is 15.4. The lowest BCUT2D eigenvalue weighted by Crippen LogP contribution is -2.37. The molecule has 2 aromatic carbocycles. The summed E-state index contributed by atoms with van der Waals surface area (Å²) in [6.45, 7) is 7.26. The maximum absolute atomic E-state index is 13.4. The number of methoxy groups -OCH3 is 1. The molecule has 0 spiro atoms. The van der Waals surface area contributed by atoms with Gasteiger partial charge in [0.05, 0.1) is 19.2 Å². The Morgan fingerprint density at radius 3 is 2.72 bits per heavy atom. The maximum atomic E-state index is 13.4. The summed E-state index contributed by atoms with van der Waals surface area (Å²) in [5.74, 6) is 1.75. The number of ether oxygens (including phenoxy) is 2. The molecule has 1 atom stereocenters. The quantitative estimate of drug-likeness (QED) is 0.510. The third-order valence-corrected chi connectivity index (χ3v) is 6.21. The van der Waals surface area contributed by atoms with Gasteiger partial charge in [-0.2, -0.15) is 5.10 Å². The zero-order chi connectivity index (χ0) is 22.7. The van der Waals surface area contributed by atoms with E-state index in [1.807, 2.05) is 6.07 Å². The smallest absolute Gasteiger partial charge is 0.161 e. The highest BCUT2D eigenvalue weighted by atomic mass is 19.1. The molecular weight excluding hydrogens is 409 g/mol. The Balaban J connectivity index is 1.28. The van der Waals surface area contributed by atoms with E-state index in [-0.39, 0.29) is 11.6 Å². The van der Waals surface area contributed by atoms with Crippen molar-refractivity contribution in [3.05, 3.63) is 53.5 Å². The van der Waals surface area contributed by atoms with Gasteiger partial charge in [-0.15, -0.1) is 0 Å². The molecule has 32 heavy (non-hydrogen) atoms. The van der Waals surface area contributed by atoms with Gasteiger partial charge in [0.1, 0.15) is 5.82 Å². The summed E-state index contributed by atoms with van der Waals surface area (Å²) >= 11 is 0. The van der Waals surface area contributed by atoms with Crippen molar-refractivity contribution in [3.63, 3.8) is 0 Å². The molecule has 0 aliphatic carbocycles. The number of hydrogen-bond acceptors (Lipinski definition) is 5. The average Bonchev–Trinajstić information content (AvgIpc) is 3.21. The number of halogens is 1. The van der Waals surface area contributed by atoms with Crippen molar-refractivity contribution in [2.24, 2.45) is 5.92 Å². The molecule has 2 heterocycles. The van der Waals surface area contributed by atoms with Crippen LogP contribution in [-0.4, -0.2) is 54.2 Å². The fourth-order valence-electron chi connectivity index (χ4n) is 4.45. The fraction of sp³-hybridized carbons (Fsp3) is 0.440. The highest BCUT2D eigenvalue weighted by molar-refractivity contribution is 5.94. The predicted octanol–water partition coefficient (Wildman–Crippen LogP) is 4.81. The molecule has 1 aliphatic heterocycles. The second-order valence-electron chi connectivity index (χ2n) is 8.71. The first-order valence-corrected chi connectivity index (χ1v) is 11.1. The third kappa shape index (κ3) is 4.93. The largest absolute Gasteiger partial charge is 0.493 e. The number of rotatable bonds is 8. The van der Waals surface area contributed by atoms with Crippen molar-refractivity contribution in [2.45, 2.75) is 32.6 Å². The van der Waals surface area contributed by atoms with Crippen molar-refractivity contribution >= 4 is 16.7 Å². The normalized spacial score (nSPS) is 16.2. The number of aromatic nitrogens is 2. The van der Waals surface area contributed by atoms with Crippen LogP contribution in [0.1, 0.15) is 48.7 Å². The van der Waals surface area contributed by atoms with Crippen LogP contribution in [0.25, 0.3) is 10.9 Å². The van der Waals surface area contributed by atoms with Gasteiger partial charge in [0.2, 0.25) is 0 Å². The number of H-pyrrole nitrogens is 1. The van der Waals surface area contributed by atoms with Crippen LogP contribution in [0.2, 0.25) is 0 Å². The number of benzene rings is 2. The van der Waals surface area contributed by atoms with Crippen LogP contribution in [-0.2, 0) is 0 Å². The van der Waals surface area contributed by atoms with E-state index in [2.05, 4.69) is 22.0 Å². The molecule has 1 fully saturated rings. The summed E-state index contributed by atoms with van der Waals surface area (Å²) in [4.78, 5) is 14.0. The molecule has 0 amide bonds. The summed E-state index contributed by atoms with van der Waals surface area (Å²) in [6, 6.07) is 10.1. The molecule has 170 valence electrons. The number of carbonyl (C=O) groups excluding carboxylic acids is 1. The van der Waals surface area contributed by atoms with Crippen molar-refractivity contribution in [2.75, 3.05) is 33.4 Å². The molecule has 3 aromatic rings. The van der Waals surface area contributed by atoms with Gasteiger partial charge in [-0.1, -0.05) is 6.92 Å². The van der Waals surface area contributed by atoms with Gasteiger partial charge in [-0.3, -0.25) is 9.89 Å². The molecular formula is C25H30FN3O3. The summed E-state index contributed by atoms with van der Waals surface area (Å²) in [7, 11) is 1.58. The van der Waals surface area contributed by atoms with E-state index in [0.717, 1.165) is 43.6 Å². The highest BCUT2D eigenvalue weighted by Gasteiger charge is 2.24. The first kappa shape index (κ1) is 22.3. The standard InChI is InChI=1S/C25H30FN3O3/c1-16(15-32-23-7-4-19(17(2)30)12-24(23)31-3)14-29-10-8-18(9-11-29)25-21-6-5-20(26)13-22(21)27-28-25/h4-7,12-13,16,18H,8-11,14-15H2,1-3H3,(H,27,28). The Labute approximate surface area is 187 Å². The molecule has 1 saturated heterocycles. The predicted molar refractivity (Wildman–Crippen MR) is 122 cm³/mol. The van der Waals surface area contributed by atoms with E-state index in [1.54, 1.807) is 25.3 Å². The van der Waals surface area contributed by atoms with Gasteiger partial charge in [0.15, 0.2) is 17.3 Å². The van der Waals surface area contributed by atoms with E-state index in [9.17, 15) is 9.18 Å². The topological polar surface area (TPSA) is 67.5 Å². The minimum absolute atomic E-state index is 0.00177. The number of nitrogens with zero attached hydrogens (tertiary/aromatic N) is 2. The van der Waals surface area contributed by atoms with Gasteiger partial charge < -0.3 is 14.4 Å². The number of aromatic amines is 1. The molecule has 0 saturated carbocycles. The average molecular weight is 440 g/mol. The molecule has 0 bridgehead atoms. The number of Topliss-reactive ketones (excluding diaryl/α,β-unsaturated/α-hetero) is 1. The SMILES string of the molecule is COc1cc(C(C)=O)ccc1OCC(C)CN1CCC(c2[nH]nc3cc(F)ccc23)CC1. The molecule has 1 aliphatic rings. The van der Waals surface area contributed by atoms with Crippen LogP contribution < -0.4 is 9.47 Å². The zero-order valence-corrected chi connectivity index (χ0v) is 18.9. The van der Waals surface area contributed by atoms with E-state index >= 15 is 0 Å². The number of nitrogens with one attached hydrogen (secondary N) is 1. The summed E-state index contributed by atoms with van der Waals surface area (Å²) < 4.78 is 24.8. The van der Waals surface area contributed by atoms with Crippen LogP contribution in [0.5, 0.6) is 11.5 Å². The molecule has 1 N–H and O–H groups in total. The minimum atomic E-state index is -0.256. The van der Waals surface area contributed by atoms with Gasteiger partial charge in [0.25, 0.3) is 0 Å². The number of ketones is 1.